The molecule has 0 aromatic heterocycles. The minimum absolute atomic E-state index is 0.0911. The molecule has 0 aromatic carbocycles. The zero-order valence-electron chi connectivity index (χ0n) is 23.3. The highest BCUT2D eigenvalue weighted by Gasteiger charge is 2.60. The number of allylic oxidation sites excluding steroid dienone is 4. The van der Waals surface area contributed by atoms with Crippen molar-refractivity contribution in [3.8, 4) is 0 Å². The third-order valence-corrected chi connectivity index (χ3v) is 12.1. The minimum Gasteiger partial charge on any atom is -0.273 e. The van der Waals surface area contributed by atoms with E-state index in [2.05, 4.69) is 30.2 Å². The number of amides is 1. The summed E-state index contributed by atoms with van der Waals surface area (Å²) in [6.45, 7) is 7.64. The smallest absolute Gasteiger partial charge is 0.250 e. The molecule has 0 aliphatic heterocycles. The number of nitrogens with zero attached hydrogens (tertiary/aromatic N) is 2. The predicted octanol–water partition coefficient (Wildman–Crippen LogP) is 6.95. The lowest BCUT2D eigenvalue weighted by Crippen LogP contribution is -2.53. The normalized spacial score (nSPS) is 39.9. The van der Waals surface area contributed by atoms with E-state index in [9.17, 15) is 13.2 Å². The second-order valence-electron chi connectivity index (χ2n) is 13.5. The molecule has 4 saturated carbocycles. The van der Waals surface area contributed by atoms with Gasteiger partial charge in [0.05, 0.1) is 17.7 Å². The molecule has 0 saturated heterocycles. The fourth-order valence-corrected chi connectivity index (χ4v) is 10.3. The third kappa shape index (κ3) is 5.33. The molecule has 6 heteroatoms. The Morgan fingerprint density at radius 2 is 1.62 bits per heavy atom. The number of carbonyl (C=O) groups is 1. The van der Waals surface area contributed by atoms with Crippen molar-refractivity contribution in [2.24, 2.45) is 55.7 Å². The van der Waals surface area contributed by atoms with Crippen LogP contribution in [0.5, 0.6) is 0 Å². The van der Waals surface area contributed by atoms with Gasteiger partial charge in [-0.3, -0.25) is 4.79 Å². The number of hydrogen-bond donors (Lipinski definition) is 0. The molecule has 5 nitrogen and oxygen atoms in total. The molecule has 0 aromatic rings. The molecular weight excluding hydrogens is 480 g/mol. The zero-order chi connectivity index (χ0) is 26.4. The van der Waals surface area contributed by atoms with Crippen LogP contribution in [-0.2, 0) is 14.8 Å². The molecule has 204 valence electrons. The van der Waals surface area contributed by atoms with Crippen molar-refractivity contribution in [1.82, 2.24) is 0 Å². The van der Waals surface area contributed by atoms with Crippen LogP contribution in [0.3, 0.4) is 0 Å². The highest BCUT2D eigenvalue weighted by atomic mass is 32.2. The van der Waals surface area contributed by atoms with Crippen molar-refractivity contribution in [2.75, 3.05) is 6.26 Å². The van der Waals surface area contributed by atoms with Gasteiger partial charge in [-0.25, -0.2) is 13.4 Å². The summed E-state index contributed by atoms with van der Waals surface area (Å²) >= 11 is 0. The Hall–Kier alpha value is -1.56. The quantitative estimate of drug-likeness (QED) is 0.364. The largest absolute Gasteiger partial charge is 0.273 e. The van der Waals surface area contributed by atoms with Crippen LogP contribution in [0.4, 0.5) is 0 Å². The molecule has 0 radical (unpaired) electrons. The average Bonchev–Trinajstić information content (AvgIpc) is 3.20. The van der Waals surface area contributed by atoms with E-state index in [0.29, 0.717) is 40.5 Å². The molecular formula is C31H46N2O3S. The number of aliphatic imine (C=N–C) groups is 1. The molecule has 5 aliphatic rings. The van der Waals surface area contributed by atoms with Crippen LogP contribution in [0.1, 0.15) is 97.8 Å². The summed E-state index contributed by atoms with van der Waals surface area (Å²) in [4.78, 5) is 16.9. The first-order valence-electron chi connectivity index (χ1n) is 14.8. The van der Waals surface area contributed by atoms with Crippen LogP contribution in [0.2, 0.25) is 0 Å². The minimum atomic E-state index is -3.44. The number of fused-ring (bicyclic) bond motifs is 5. The molecule has 0 N–H and O–H groups in total. The van der Waals surface area contributed by atoms with Crippen LogP contribution < -0.4 is 0 Å². The molecule has 3 unspecified atom stereocenters. The SMILES string of the molecule is C[C@H](CCC(=O)N=C1C=CC(=NS(C)(=O)=O)C=C1)[C@H]1CCC2C3CC[C@@H]4CCCC[C@]4(C)C3CC[C@@]21C. The van der Waals surface area contributed by atoms with Crippen molar-refractivity contribution in [3.63, 3.8) is 0 Å². The van der Waals surface area contributed by atoms with Crippen molar-refractivity contribution in [1.29, 1.82) is 0 Å². The van der Waals surface area contributed by atoms with Crippen molar-refractivity contribution in [2.45, 2.75) is 97.8 Å². The first kappa shape index (κ1) is 27.0. The molecule has 1 amide bonds. The second-order valence-corrected chi connectivity index (χ2v) is 15.1. The molecule has 0 bridgehead atoms. The maximum atomic E-state index is 12.7. The van der Waals surface area contributed by atoms with E-state index in [1.807, 2.05) is 0 Å². The maximum Gasteiger partial charge on any atom is 0.250 e. The second kappa shape index (κ2) is 10.2. The molecule has 8 atom stereocenters. The maximum absolute atomic E-state index is 12.7. The van der Waals surface area contributed by atoms with E-state index >= 15 is 0 Å². The lowest BCUT2D eigenvalue weighted by Gasteiger charge is -2.61. The number of rotatable bonds is 5. The van der Waals surface area contributed by atoms with Gasteiger partial charge < -0.3 is 0 Å². The van der Waals surface area contributed by atoms with Crippen LogP contribution >= 0.6 is 0 Å². The highest BCUT2D eigenvalue weighted by molar-refractivity contribution is 7.89. The van der Waals surface area contributed by atoms with Gasteiger partial charge in [0.1, 0.15) is 0 Å². The van der Waals surface area contributed by atoms with Crippen LogP contribution in [0.15, 0.2) is 33.7 Å². The fourth-order valence-electron chi connectivity index (χ4n) is 9.80. The molecule has 37 heavy (non-hydrogen) atoms. The van der Waals surface area contributed by atoms with Gasteiger partial charge in [0.2, 0.25) is 5.91 Å². The molecule has 0 heterocycles. The van der Waals surface area contributed by atoms with Gasteiger partial charge in [-0.15, -0.1) is 0 Å². The summed E-state index contributed by atoms with van der Waals surface area (Å²) in [6.07, 6.45) is 23.2. The van der Waals surface area contributed by atoms with Crippen LogP contribution in [0.25, 0.3) is 0 Å². The Kier molecular flexibility index (Phi) is 7.45. The number of sulfonamides is 1. The summed E-state index contributed by atoms with van der Waals surface area (Å²) < 4.78 is 26.3. The lowest BCUT2D eigenvalue weighted by atomic mass is 9.44. The standard InChI is InChI=1S/C31H46N2O3S/c1-21(8-17-29(34)32-23-10-12-24(13-11-23)33-37(4,35)36)26-15-16-27-25-14-9-22-7-5-6-19-30(22,2)28(25)18-20-31(26,27)3/h10-13,21-22,25-28H,5-9,14-20H2,1-4H3/t21-,22+,25?,26-,27?,28?,30+,31-/m1/s1. The third-order valence-electron chi connectivity index (χ3n) is 11.5. The summed E-state index contributed by atoms with van der Waals surface area (Å²) in [7, 11) is -3.44. The van der Waals surface area contributed by atoms with Crippen LogP contribution in [0, 0.1) is 46.3 Å². The van der Waals surface area contributed by atoms with Crippen molar-refractivity contribution in [3.05, 3.63) is 24.3 Å². The van der Waals surface area contributed by atoms with E-state index in [1.165, 1.54) is 64.2 Å². The monoisotopic (exact) mass is 526 g/mol. The molecule has 5 aliphatic carbocycles. The summed E-state index contributed by atoms with van der Waals surface area (Å²) in [5.41, 5.74) is 1.93. The number of carbonyl (C=O) groups excluding carboxylic acids is 1. The zero-order valence-corrected chi connectivity index (χ0v) is 24.1. The Labute approximate surface area is 224 Å². The average molecular weight is 527 g/mol. The van der Waals surface area contributed by atoms with E-state index in [1.54, 1.807) is 24.3 Å². The van der Waals surface area contributed by atoms with Gasteiger partial charge in [-0.1, -0.05) is 33.6 Å². The first-order chi connectivity index (χ1) is 17.5. The molecule has 4 fully saturated rings. The molecule has 0 spiro atoms. The first-order valence-corrected chi connectivity index (χ1v) is 16.6. The van der Waals surface area contributed by atoms with Crippen molar-refractivity contribution >= 4 is 27.4 Å². The van der Waals surface area contributed by atoms with Crippen LogP contribution in [-0.4, -0.2) is 32.0 Å². The Morgan fingerprint density at radius 1 is 0.919 bits per heavy atom. The summed E-state index contributed by atoms with van der Waals surface area (Å²) in [5, 5.41) is 0. The van der Waals surface area contributed by atoms with E-state index in [0.717, 1.165) is 36.3 Å². The van der Waals surface area contributed by atoms with E-state index in [4.69, 9.17) is 0 Å². The topological polar surface area (TPSA) is 75.9 Å². The fraction of sp³-hybridized carbons (Fsp3) is 0.774. The van der Waals surface area contributed by atoms with Crippen molar-refractivity contribution < 1.29 is 13.2 Å². The predicted molar refractivity (Wildman–Crippen MR) is 151 cm³/mol. The van der Waals surface area contributed by atoms with Gasteiger partial charge in [0.25, 0.3) is 10.0 Å². The van der Waals surface area contributed by atoms with Gasteiger partial charge in [-0.05, 0) is 128 Å². The van der Waals surface area contributed by atoms with E-state index < -0.39 is 10.0 Å². The van der Waals surface area contributed by atoms with Gasteiger partial charge in [0.15, 0.2) is 0 Å². The lowest BCUT2D eigenvalue weighted by molar-refractivity contribution is -0.119. The summed E-state index contributed by atoms with van der Waals surface area (Å²) in [5.74, 6) is 4.85. The number of hydrogen-bond acceptors (Lipinski definition) is 3. The molecule has 5 rings (SSSR count). The Morgan fingerprint density at radius 3 is 2.35 bits per heavy atom. The van der Waals surface area contributed by atoms with E-state index in [-0.39, 0.29) is 5.91 Å². The Balaban J connectivity index is 1.19. The highest BCUT2D eigenvalue weighted by Crippen LogP contribution is 2.68. The van der Waals surface area contributed by atoms with Gasteiger partial charge in [-0.2, -0.15) is 4.40 Å². The summed E-state index contributed by atoms with van der Waals surface area (Å²) in [6, 6.07) is 0. The Bertz CT molecular complexity index is 1120. The van der Waals surface area contributed by atoms with Gasteiger partial charge >= 0.3 is 0 Å². The van der Waals surface area contributed by atoms with Gasteiger partial charge in [0, 0.05) is 6.42 Å².